The summed E-state index contributed by atoms with van der Waals surface area (Å²) in [5, 5.41) is 0. The van der Waals surface area contributed by atoms with Gasteiger partial charge in [-0.05, 0) is 29.3 Å². The van der Waals surface area contributed by atoms with Crippen molar-refractivity contribution in [3.05, 3.63) is 121 Å². The van der Waals surface area contributed by atoms with E-state index in [2.05, 4.69) is 119 Å². The fraction of sp³-hybridized carbons (Fsp3) is 0. The van der Waals surface area contributed by atoms with Crippen LogP contribution in [0, 0.1) is 0 Å². The predicted molar refractivity (Wildman–Crippen MR) is 147 cm³/mol. The summed E-state index contributed by atoms with van der Waals surface area (Å²) < 4.78 is 0. The third kappa shape index (κ3) is 3.48. The molecule has 170 valence electrons. The zero-order chi connectivity index (χ0) is 23.9. The zero-order valence-corrected chi connectivity index (χ0v) is 19.4. The van der Waals surface area contributed by atoms with Crippen LogP contribution < -0.4 is 0 Å². The monoisotopic (exact) mass is 462 g/mol. The Morgan fingerprint density at radius 2 is 0.806 bits per heavy atom. The Balaban J connectivity index is 1.31. The van der Waals surface area contributed by atoms with Gasteiger partial charge in [0.2, 0.25) is 0 Å². The summed E-state index contributed by atoms with van der Waals surface area (Å²) in [6.07, 6.45) is 0. The molecule has 0 aliphatic carbocycles. The number of hydrogen-bond acceptors (Lipinski definition) is 2. The predicted octanol–water partition coefficient (Wildman–Crippen LogP) is 8.11. The van der Waals surface area contributed by atoms with E-state index in [4.69, 9.17) is 9.97 Å². The minimum atomic E-state index is 0.844. The summed E-state index contributed by atoms with van der Waals surface area (Å²) in [5.74, 6) is 1.69. The lowest BCUT2D eigenvalue weighted by Crippen LogP contribution is -1.85. The molecule has 0 saturated carbocycles. The van der Waals surface area contributed by atoms with Crippen molar-refractivity contribution in [2.45, 2.75) is 0 Å². The molecule has 0 fully saturated rings. The zero-order valence-electron chi connectivity index (χ0n) is 19.4. The molecule has 36 heavy (non-hydrogen) atoms. The number of hydrogen-bond donors (Lipinski definition) is 2. The van der Waals surface area contributed by atoms with Gasteiger partial charge >= 0.3 is 0 Å². The lowest BCUT2D eigenvalue weighted by molar-refractivity contribution is 1.31. The van der Waals surface area contributed by atoms with Crippen LogP contribution in [0.3, 0.4) is 0 Å². The second-order valence-corrected chi connectivity index (χ2v) is 8.89. The van der Waals surface area contributed by atoms with E-state index >= 15 is 0 Å². The van der Waals surface area contributed by atoms with Crippen molar-refractivity contribution in [2.75, 3.05) is 0 Å². The molecule has 0 atom stereocenters. The smallest absolute Gasteiger partial charge is 0.138 e. The van der Waals surface area contributed by atoms with E-state index in [0.717, 1.165) is 67.1 Å². The number of H-pyrrole nitrogens is 2. The maximum absolute atomic E-state index is 5.00. The molecule has 0 amide bonds. The van der Waals surface area contributed by atoms with Crippen LogP contribution in [0.15, 0.2) is 121 Å². The molecule has 0 spiro atoms. The van der Waals surface area contributed by atoms with Gasteiger partial charge in [-0.15, -0.1) is 0 Å². The van der Waals surface area contributed by atoms with Crippen LogP contribution in [0.1, 0.15) is 0 Å². The molecule has 0 unspecified atom stereocenters. The lowest BCUT2D eigenvalue weighted by atomic mass is 10.0. The number of rotatable bonds is 4. The third-order valence-corrected chi connectivity index (χ3v) is 6.60. The largest absolute Gasteiger partial charge is 0.338 e. The van der Waals surface area contributed by atoms with Crippen LogP contribution in [0.25, 0.3) is 67.1 Å². The van der Waals surface area contributed by atoms with Crippen molar-refractivity contribution in [1.82, 2.24) is 19.9 Å². The quantitative estimate of drug-likeness (QED) is 0.278. The number of nitrogens with zero attached hydrogens (tertiary/aromatic N) is 2. The Bertz CT molecular complexity index is 1700. The molecule has 4 heteroatoms. The number of aromatic nitrogens is 4. The second kappa shape index (κ2) is 8.36. The van der Waals surface area contributed by atoms with Gasteiger partial charge in [-0.25, -0.2) is 9.97 Å². The van der Waals surface area contributed by atoms with Crippen LogP contribution >= 0.6 is 0 Å². The molecule has 0 saturated heterocycles. The highest BCUT2D eigenvalue weighted by molar-refractivity contribution is 5.95. The third-order valence-electron chi connectivity index (χ3n) is 6.60. The van der Waals surface area contributed by atoms with E-state index in [9.17, 15) is 0 Å². The van der Waals surface area contributed by atoms with Gasteiger partial charge in [-0.1, -0.05) is 103 Å². The average molecular weight is 463 g/mol. The minimum Gasteiger partial charge on any atom is -0.338 e. The van der Waals surface area contributed by atoms with Crippen LogP contribution in [0.2, 0.25) is 0 Å². The van der Waals surface area contributed by atoms with Gasteiger partial charge in [0, 0.05) is 22.3 Å². The summed E-state index contributed by atoms with van der Waals surface area (Å²) in [5.41, 5.74) is 10.6. The maximum atomic E-state index is 5.00. The molecule has 2 heterocycles. The second-order valence-electron chi connectivity index (χ2n) is 8.89. The van der Waals surface area contributed by atoms with Crippen molar-refractivity contribution < 1.29 is 0 Å². The van der Waals surface area contributed by atoms with E-state index in [1.54, 1.807) is 0 Å². The van der Waals surface area contributed by atoms with Gasteiger partial charge in [0.25, 0.3) is 0 Å². The number of imidazole rings is 2. The number of fused-ring (bicyclic) bond motifs is 2. The standard InChI is InChI=1S/C32H22N4/c1-3-10-21(11-4-1)25-16-8-18-27-29(25)35-31(33-27)23-14-7-15-24(20-23)32-34-28-19-9-17-26(30(28)36-32)22-12-5-2-6-13-22/h1-20H,(H,33,35)(H,34,36). The van der Waals surface area contributed by atoms with E-state index in [1.807, 2.05) is 12.1 Å². The first-order valence-corrected chi connectivity index (χ1v) is 12.0. The molecule has 0 radical (unpaired) electrons. The number of nitrogens with one attached hydrogen (secondary N) is 2. The highest BCUT2D eigenvalue weighted by Crippen LogP contribution is 2.32. The molecule has 7 aromatic rings. The summed E-state index contributed by atoms with van der Waals surface area (Å²) in [4.78, 5) is 17.0. The minimum absolute atomic E-state index is 0.844. The normalized spacial score (nSPS) is 11.3. The van der Waals surface area contributed by atoms with Gasteiger partial charge < -0.3 is 9.97 Å². The first-order valence-electron chi connectivity index (χ1n) is 12.0. The summed E-state index contributed by atoms with van der Waals surface area (Å²) in [6.45, 7) is 0. The molecule has 4 nitrogen and oxygen atoms in total. The van der Waals surface area contributed by atoms with E-state index in [-0.39, 0.29) is 0 Å². The summed E-state index contributed by atoms with van der Waals surface area (Å²) in [7, 11) is 0. The number of para-hydroxylation sites is 2. The molecule has 2 N–H and O–H groups in total. The molecular weight excluding hydrogens is 440 g/mol. The van der Waals surface area contributed by atoms with Crippen molar-refractivity contribution in [3.8, 4) is 45.0 Å². The van der Waals surface area contributed by atoms with Crippen LogP contribution in [-0.2, 0) is 0 Å². The van der Waals surface area contributed by atoms with Gasteiger partial charge in [0.05, 0.1) is 22.1 Å². The van der Waals surface area contributed by atoms with Crippen molar-refractivity contribution >= 4 is 22.1 Å². The van der Waals surface area contributed by atoms with E-state index < -0.39 is 0 Å². The first kappa shape index (κ1) is 20.4. The molecule has 0 aliphatic rings. The van der Waals surface area contributed by atoms with Gasteiger partial charge in [-0.3, -0.25) is 0 Å². The molecule has 5 aromatic carbocycles. The topological polar surface area (TPSA) is 57.4 Å². The van der Waals surface area contributed by atoms with Crippen LogP contribution in [0.4, 0.5) is 0 Å². The molecule has 0 aliphatic heterocycles. The first-order chi connectivity index (χ1) is 17.8. The fourth-order valence-corrected chi connectivity index (χ4v) is 4.85. The van der Waals surface area contributed by atoms with Crippen LogP contribution in [0.5, 0.6) is 0 Å². The van der Waals surface area contributed by atoms with Crippen molar-refractivity contribution in [3.63, 3.8) is 0 Å². The highest BCUT2D eigenvalue weighted by atomic mass is 14.9. The van der Waals surface area contributed by atoms with Gasteiger partial charge in [0.1, 0.15) is 11.6 Å². The van der Waals surface area contributed by atoms with Crippen molar-refractivity contribution in [1.29, 1.82) is 0 Å². The molecular formula is C32H22N4. The Morgan fingerprint density at radius 3 is 1.28 bits per heavy atom. The SMILES string of the molecule is c1ccc(-c2cccc3[nH]c(-c4cccc(-c5nc6c(-c7ccccc7)cccc6[nH]5)c4)nc23)cc1. The van der Waals surface area contributed by atoms with Crippen molar-refractivity contribution in [2.24, 2.45) is 0 Å². The summed E-state index contributed by atoms with van der Waals surface area (Å²) in [6, 6.07) is 41.7. The molecule has 2 aromatic heterocycles. The Kier molecular flexibility index (Phi) is 4.74. The Morgan fingerprint density at radius 1 is 0.389 bits per heavy atom. The van der Waals surface area contributed by atoms with E-state index in [1.165, 1.54) is 0 Å². The number of aromatic amines is 2. The average Bonchev–Trinajstić information content (AvgIpc) is 3.59. The molecule has 7 rings (SSSR count). The number of benzene rings is 5. The Labute approximate surface area is 208 Å². The maximum Gasteiger partial charge on any atom is 0.138 e. The van der Waals surface area contributed by atoms with E-state index in [0.29, 0.717) is 0 Å². The Hall–Kier alpha value is -4.96. The van der Waals surface area contributed by atoms with Gasteiger partial charge in [-0.2, -0.15) is 0 Å². The fourth-order valence-electron chi connectivity index (χ4n) is 4.85. The molecule has 0 bridgehead atoms. The van der Waals surface area contributed by atoms with Gasteiger partial charge in [0.15, 0.2) is 0 Å². The summed E-state index contributed by atoms with van der Waals surface area (Å²) >= 11 is 0. The highest BCUT2D eigenvalue weighted by Gasteiger charge is 2.13. The lowest BCUT2D eigenvalue weighted by Gasteiger charge is -2.02. The van der Waals surface area contributed by atoms with Crippen LogP contribution in [-0.4, -0.2) is 19.9 Å².